The lowest BCUT2D eigenvalue weighted by Crippen LogP contribution is -2.55. The Morgan fingerprint density at radius 3 is 1.92 bits per heavy atom. The van der Waals surface area contributed by atoms with Crippen LogP contribution in [0.2, 0.25) is 0 Å². The van der Waals surface area contributed by atoms with E-state index < -0.39 is 11.4 Å². The van der Waals surface area contributed by atoms with Crippen LogP contribution in [0.15, 0.2) is 24.3 Å². The van der Waals surface area contributed by atoms with E-state index in [0.717, 1.165) is 25.7 Å². The first-order valence-corrected chi connectivity index (χ1v) is 8.40. The van der Waals surface area contributed by atoms with E-state index in [1.807, 2.05) is 0 Å². The summed E-state index contributed by atoms with van der Waals surface area (Å²) in [6, 6.07) is 7.11. The van der Waals surface area contributed by atoms with Gasteiger partial charge in [-0.1, -0.05) is 12.1 Å². The Kier molecular flexibility index (Phi) is 4.30. The molecule has 2 aliphatic rings. The molecule has 0 spiro atoms. The van der Waals surface area contributed by atoms with Gasteiger partial charge >= 0.3 is 0 Å². The first-order valence-electron chi connectivity index (χ1n) is 8.40. The van der Waals surface area contributed by atoms with Crippen molar-refractivity contribution >= 4 is 17.7 Å². The summed E-state index contributed by atoms with van der Waals surface area (Å²) in [5, 5.41) is 8.52. The van der Waals surface area contributed by atoms with Gasteiger partial charge in [0.2, 0.25) is 5.91 Å². The van der Waals surface area contributed by atoms with Crippen LogP contribution < -0.4 is 16.0 Å². The molecule has 0 saturated heterocycles. The highest BCUT2D eigenvalue weighted by Gasteiger charge is 2.35. The van der Waals surface area contributed by atoms with Gasteiger partial charge in [0.05, 0.1) is 11.1 Å². The van der Waals surface area contributed by atoms with Crippen LogP contribution >= 0.6 is 0 Å². The topological polar surface area (TPSA) is 87.3 Å². The molecule has 2 fully saturated rings. The molecule has 3 N–H and O–H groups in total. The number of amides is 3. The first-order chi connectivity index (χ1) is 11.4. The fraction of sp³-hybridized carbons (Fsp3) is 0.500. The molecule has 1 aromatic rings. The maximum Gasteiger partial charge on any atom is 0.252 e. The second-order valence-corrected chi connectivity index (χ2v) is 7.12. The second kappa shape index (κ2) is 6.26. The Morgan fingerprint density at radius 1 is 0.875 bits per heavy atom. The molecule has 0 aliphatic heterocycles. The number of hydrogen-bond donors (Lipinski definition) is 3. The molecule has 24 heavy (non-hydrogen) atoms. The third-order valence-corrected chi connectivity index (χ3v) is 4.24. The van der Waals surface area contributed by atoms with E-state index in [0.29, 0.717) is 5.56 Å². The third kappa shape index (κ3) is 3.93. The van der Waals surface area contributed by atoms with Crippen LogP contribution in [-0.2, 0) is 4.79 Å². The van der Waals surface area contributed by atoms with Gasteiger partial charge in [0.15, 0.2) is 0 Å². The van der Waals surface area contributed by atoms with Gasteiger partial charge in [0.1, 0.15) is 5.54 Å². The highest BCUT2D eigenvalue weighted by molar-refractivity contribution is 6.08. The van der Waals surface area contributed by atoms with Crippen LogP contribution in [0.3, 0.4) is 0 Å². The lowest BCUT2D eigenvalue weighted by molar-refractivity contribution is -0.126. The number of carbonyl (C=O) groups is 3. The van der Waals surface area contributed by atoms with E-state index in [4.69, 9.17) is 0 Å². The number of benzene rings is 1. The van der Waals surface area contributed by atoms with Gasteiger partial charge in [-0.05, 0) is 51.7 Å². The van der Waals surface area contributed by atoms with E-state index >= 15 is 0 Å². The van der Waals surface area contributed by atoms with Crippen molar-refractivity contribution < 1.29 is 14.4 Å². The molecule has 6 nitrogen and oxygen atoms in total. The summed E-state index contributed by atoms with van der Waals surface area (Å²) in [7, 11) is 0. The fourth-order valence-corrected chi connectivity index (χ4v) is 2.37. The zero-order valence-corrected chi connectivity index (χ0v) is 14.0. The van der Waals surface area contributed by atoms with E-state index in [1.54, 1.807) is 38.1 Å². The Balaban J connectivity index is 1.71. The van der Waals surface area contributed by atoms with Crippen LogP contribution in [0.25, 0.3) is 0 Å². The highest BCUT2D eigenvalue weighted by Crippen LogP contribution is 2.21. The van der Waals surface area contributed by atoms with Crippen LogP contribution in [0.4, 0.5) is 0 Å². The molecule has 0 aromatic heterocycles. The molecule has 0 radical (unpaired) electrons. The summed E-state index contributed by atoms with van der Waals surface area (Å²) in [6.07, 6.45) is 3.93. The maximum atomic E-state index is 12.6. The van der Waals surface area contributed by atoms with Gasteiger partial charge < -0.3 is 16.0 Å². The van der Waals surface area contributed by atoms with Crippen LogP contribution in [0, 0.1) is 0 Å². The van der Waals surface area contributed by atoms with E-state index in [1.165, 1.54) is 0 Å². The lowest BCUT2D eigenvalue weighted by Gasteiger charge is -2.25. The minimum Gasteiger partial charge on any atom is -0.351 e. The van der Waals surface area contributed by atoms with Gasteiger partial charge in [0, 0.05) is 12.1 Å². The summed E-state index contributed by atoms with van der Waals surface area (Å²) >= 11 is 0. The summed E-state index contributed by atoms with van der Waals surface area (Å²) < 4.78 is 0. The van der Waals surface area contributed by atoms with Gasteiger partial charge in [-0.15, -0.1) is 0 Å². The quantitative estimate of drug-likeness (QED) is 0.736. The SMILES string of the molecule is CC(C)(NC(=O)c1ccccc1C(=O)NC1CC1)C(=O)NC1CC1. The first kappa shape index (κ1) is 16.5. The largest absolute Gasteiger partial charge is 0.351 e. The van der Waals surface area contributed by atoms with E-state index in [2.05, 4.69) is 16.0 Å². The van der Waals surface area contributed by atoms with Crippen molar-refractivity contribution in [3.8, 4) is 0 Å². The number of rotatable bonds is 6. The maximum absolute atomic E-state index is 12.6. The molecule has 0 bridgehead atoms. The van der Waals surface area contributed by atoms with Crippen molar-refractivity contribution in [1.29, 1.82) is 0 Å². The highest BCUT2D eigenvalue weighted by atomic mass is 16.2. The Labute approximate surface area is 141 Å². The standard InChI is InChI=1S/C18H23N3O3/c1-18(2,17(24)20-12-9-10-12)21-16(23)14-6-4-3-5-13(14)15(22)19-11-7-8-11/h3-6,11-12H,7-10H2,1-2H3,(H,19,22)(H,20,24)(H,21,23). The van der Waals surface area contributed by atoms with Crippen molar-refractivity contribution in [3.05, 3.63) is 35.4 Å². The van der Waals surface area contributed by atoms with Crippen molar-refractivity contribution in [2.75, 3.05) is 0 Å². The van der Waals surface area contributed by atoms with Crippen molar-refractivity contribution in [1.82, 2.24) is 16.0 Å². The zero-order valence-electron chi connectivity index (χ0n) is 14.0. The molecular weight excluding hydrogens is 306 g/mol. The summed E-state index contributed by atoms with van der Waals surface area (Å²) in [5.74, 6) is -0.880. The molecule has 3 amide bonds. The van der Waals surface area contributed by atoms with E-state index in [9.17, 15) is 14.4 Å². The third-order valence-electron chi connectivity index (χ3n) is 4.24. The second-order valence-electron chi connectivity index (χ2n) is 7.12. The van der Waals surface area contributed by atoms with E-state index in [-0.39, 0.29) is 29.5 Å². The van der Waals surface area contributed by atoms with Crippen LogP contribution in [0.5, 0.6) is 0 Å². The normalized spacial score (nSPS) is 17.1. The minimum atomic E-state index is -1.04. The lowest BCUT2D eigenvalue weighted by atomic mass is 10.0. The number of nitrogens with one attached hydrogen (secondary N) is 3. The molecule has 1 aromatic carbocycles. The Bertz CT molecular complexity index is 676. The van der Waals surface area contributed by atoms with Crippen LogP contribution in [0.1, 0.15) is 60.2 Å². The number of hydrogen-bond acceptors (Lipinski definition) is 3. The molecule has 0 unspecified atom stereocenters. The molecular formula is C18H23N3O3. The molecule has 2 saturated carbocycles. The average molecular weight is 329 g/mol. The van der Waals surface area contributed by atoms with Gasteiger partial charge in [-0.25, -0.2) is 0 Å². The van der Waals surface area contributed by atoms with Crippen LogP contribution in [-0.4, -0.2) is 35.3 Å². The Morgan fingerprint density at radius 2 is 1.38 bits per heavy atom. The molecule has 0 heterocycles. The number of carbonyl (C=O) groups excluding carboxylic acids is 3. The molecule has 128 valence electrons. The monoisotopic (exact) mass is 329 g/mol. The molecule has 3 rings (SSSR count). The summed E-state index contributed by atoms with van der Waals surface area (Å²) in [4.78, 5) is 37.2. The van der Waals surface area contributed by atoms with Crippen molar-refractivity contribution in [2.45, 2.75) is 57.2 Å². The zero-order chi connectivity index (χ0) is 17.3. The molecule has 0 atom stereocenters. The molecule has 6 heteroatoms. The van der Waals surface area contributed by atoms with Crippen molar-refractivity contribution in [2.24, 2.45) is 0 Å². The predicted octanol–water partition coefficient (Wildman–Crippen LogP) is 1.37. The van der Waals surface area contributed by atoms with Gasteiger partial charge in [-0.3, -0.25) is 14.4 Å². The average Bonchev–Trinajstić information content (AvgIpc) is 3.43. The predicted molar refractivity (Wildman–Crippen MR) is 89.6 cm³/mol. The Hall–Kier alpha value is -2.37. The summed E-state index contributed by atoms with van der Waals surface area (Å²) in [5.41, 5.74) is -0.428. The van der Waals surface area contributed by atoms with Crippen molar-refractivity contribution in [3.63, 3.8) is 0 Å². The smallest absolute Gasteiger partial charge is 0.252 e. The minimum absolute atomic E-state index is 0.210. The molecule has 2 aliphatic carbocycles. The fourth-order valence-electron chi connectivity index (χ4n) is 2.37. The van der Waals surface area contributed by atoms with Gasteiger partial charge in [0.25, 0.3) is 11.8 Å². The summed E-state index contributed by atoms with van der Waals surface area (Å²) in [6.45, 7) is 3.32. The van der Waals surface area contributed by atoms with Gasteiger partial charge in [-0.2, -0.15) is 0 Å².